The second-order valence-corrected chi connectivity index (χ2v) is 29.6. The van der Waals surface area contributed by atoms with Gasteiger partial charge in [0, 0.05) is 25.7 Å². The quantitative estimate of drug-likeness (QED) is 0.0222. The Morgan fingerprint density at radius 2 is 0.517 bits per heavy atom. The molecule has 0 bridgehead atoms. The van der Waals surface area contributed by atoms with Crippen LogP contribution in [0, 0.1) is 17.8 Å². The zero-order valence-corrected chi connectivity index (χ0v) is 59.7. The highest BCUT2D eigenvalue weighted by Crippen LogP contribution is 2.45. The number of aliphatic hydroxyl groups excluding tert-OH is 1. The molecule has 0 radical (unpaired) electrons. The van der Waals surface area contributed by atoms with Crippen LogP contribution in [0.1, 0.15) is 350 Å². The van der Waals surface area contributed by atoms with Gasteiger partial charge < -0.3 is 33.8 Å². The predicted octanol–water partition coefficient (Wildman–Crippen LogP) is 19.8. The zero-order valence-electron chi connectivity index (χ0n) is 57.9. The van der Waals surface area contributed by atoms with Crippen LogP contribution in [-0.4, -0.2) is 96.7 Å². The van der Waals surface area contributed by atoms with Gasteiger partial charge in [-0.1, -0.05) is 299 Å². The lowest BCUT2D eigenvalue weighted by atomic mass is 10.0. The number of carbonyl (C=O) groups is 4. The highest BCUT2D eigenvalue weighted by atomic mass is 31.2. The molecule has 0 heterocycles. The summed E-state index contributed by atoms with van der Waals surface area (Å²) in [4.78, 5) is 72.4. The Morgan fingerprint density at radius 1 is 0.303 bits per heavy atom. The second-order valence-electron chi connectivity index (χ2n) is 26.7. The van der Waals surface area contributed by atoms with E-state index in [1.54, 1.807) is 0 Å². The van der Waals surface area contributed by atoms with Gasteiger partial charge in [0.05, 0.1) is 26.4 Å². The van der Waals surface area contributed by atoms with Crippen LogP contribution in [0.2, 0.25) is 0 Å². The summed E-state index contributed by atoms with van der Waals surface area (Å²) < 4.78 is 68.2. The lowest BCUT2D eigenvalue weighted by Crippen LogP contribution is -2.30. The van der Waals surface area contributed by atoms with Crippen molar-refractivity contribution in [3.63, 3.8) is 0 Å². The van der Waals surface area contributed by atoms with E-state index in [0.29, 0.717) is 31.6 Å². The van der Waals surface area contributed by atoms with Crippen molar-refractivity contribution in [1.29, 1.82) is 0 Å². The fraction of sp³-hybridized carbons (Fsp3) is 0.943. The Kier molecular flexibility index (Phi) is 59.6. The zero-order chi connectivity index (χ0) is 65.9. The number of hydrogen-bond acceptors (Lipinski definition) is 15. The number of ether oxygens (including phenoxy) is 4. The number of phosphoric ester groups is 2. The van der Waals surface area contributed by atoms with Crippen LogP contribution >= 0.6 is 15.6 Å². The third-order valence-electron chi connectivity index (χ3n) is 16.1. The third-order valence-corrected chi connectivity index (χ3v) is 18.0. The first-order chi connectivity index (χ1) is 42.7. The minimum absolute atomic E-state index is 0.103. The fourth-order valence-corrected chi connectivity index (χ4v) is 12.1. The van der Waals surface area contributed by atoms with Gasteiger partial charge in [-0.15, -0.1) is 0 Å². The topological polar surface area (TPSA) is 237 Å². The van der Waals surface area contributed by atoms with Gasteiger partial charge in [-0.05, 0) is 43.4 Å². The largest absolute Gasteiger partial charge is 0.472 e. The summed E-state index contributed by atoms with van der Waals surface area (Å²) >= 11 is 0. The molecule has 0 rings (SSSR count). The highest BCUT2D eigenvalue weighted by Gasteiger charge is 2.30. The number of unbranched alkanes of at least 4 members (excludes halogenated alkanes) is 36. The lowest BCUT2D eigenvalue weighted by molar-refractivity contribution is -0.161. The smallest absolute Gasteiger partial charge is 0.462 e. The van der Waals surface area contributed by atoms with Crippen LogP contribution in [-0.2, 0) is 65.4 Å². The van der Waals surface area contributed by atoms with Crippen molar-refractivity contribution in [3.8, 4) is 0 Å². The first kappa shape index (κ1) is 87.1. The summed E-state index contributed by atoms with van der Waals surface area (Å²) in [5.74, 6) is 0.101. The maximum atomic E-state index is 13.0. The first-order valence-electron chi connectivity index (χ1n) is 36.3. The molecule has 0 aliphatic heterocycles. The van der Waals surface area contributed by atoms with E-state index in [9.17, 15) is 43.2 Å². The molecule has 3 N–H and O–H groups in total. The summed E-state index contributed by atoms with van der Waals surface area (Å²) in [6.45, 7) is 11.8. The number of aliphatic hydroxyl groups is 1. The summed E-state index contributed by atoms with van der Waals surface area (Å²) in [5.41, 5.74) is 0. The molecule has 0 aliphatic carbocycles. The van der Waals surface area contributed by atoms with E-state index in [1.807, 2.05) is 0 Å². The van der Waals surface area contributed by atoms with E-state index >= 15 is 0 Å². The van der Waals surface area contributed by atoms with Crippen molar-refractivity contribution in [1.82, 2.24) is 0 Å². The molecule has 0 aromatic carbocycles. The van der Waals surface area contributed by atoms with Crippen molar-refractivity contribution in [2.24, 2.45) is 17.8 Å². The van der Waals surface area contributed by atoms with Crippen LogP contribution in [0.5, 0.6) is 0 Å². The molecular weight excluding hydrogens is 1170 g/mol. The number of carbonyl (C=O) groups excluding carboxylic acids is 4. The normalized spacial score (nSPS) is 14.2. The summed E-state index contributed by atoms with van der Waals surface area (Å²) in [7, 11) is -9.90. The molecular formula is C70H136O17P2. The van der Waals surface area contributed by atoms with Crippen LogP contribution < -0.4 is 0 Å². The van der Waals surface area contributed by atoms with Crippen LogP contribution in [0.25, 0.3) is 0 Å². The van der Waals surface area contributed by atoms with Crippen molar-refractivity contribution < 1.29 is 80.2 Å². The monoisotopic (exact) mass is 1310 g/mol. The molecule has 5 atom stereocenters. The minimum atomic E-state index is -4.95. The van der Waals surface area contributed by atoms with Gasteiger partial charge in [-0.3, -0.25) is 37.3 Å². The van der Waals surface area contributed by atoms with Crippen molar-refractivity contribution in [2.75, 3.05) is 39.6 Å². The summed E-state index contributed by atoms with van der Waals surface area (Å²) in [6, 6.07) is 0. The van der Waals surface area contributed by atoms with E-state index in [0.717, 1.165) is 102 Å². The van der Waals surface area contributed by atoms with Crippen LogP contribution in [0.4, 0.5) is 0 Å². The molecule has 89 heavy (non-hydrogen) atoms. The van der Waals surface area contributed by atoms with Crippen LogP contribution in [0.3, 0.4) is 0 Å². The SMILES string of the molecule is CCCCCCCCCCCC(=O)OC[C@H](COP(=O)(O)OC[C@H](O)COP(=O)(O)OC[C@@H](COC(=O)CCCCCCCCCCC(C)C)OC(=O)CCCCCCCCCCCCCCCCCCC(C)C)OC(=O)CCCCCCCCCC(C)C. The number of rotatable bonds is 68. The maximum Gasteiger partial charge on any atom is 0.472 e. The first-order valence-corrected chi connectivity index (χ1v) is 39.3. The molecule has 0 amide bonds. The van der Waals surface area contributed by atoms with Crippen molar-refractivity contribution in [3.05, 3.63) is 0 Å². The van der Waals surface area contributed by atoms with Gasteiger partial charge in [0.2, 0.25) is 0 Å². The summed E-state index contributed by atoms with van der Waals surface area (Å²) in [5, 5.41) is 10.6. The molecule has 2 unspecified atom stereocenters. The molecule has 0 saturated carbocycles. The van der Waals surface area contributed by atoms with Crippen molar-refractivity contribution >= 4 is 39.5 Å². The van der Waals surface area contributed by atoms with Gasteiger partial charge in [-0.25, -0.2) is 9.13 Å². The van der Waals surface area contributed by atoms with Crippen molar-refractivity contribution in [2.45, 2.75) is 369 Å². The molecule has 0 fully saturated rings. The molecule has 0 aliphatic rings. The average Bonchev–Trinajstić information content (AvgIpc) is 3.51. The highest BCUT2D eigenvalue weighted by molar-refractivity contribution is 7.47. The lowest BCUT2D eigenvalue weighted by Gasteiger charge is -2.21. The Bertz CT molecular complexity index is 1750. The molecule has 528 valence electrons. The van der Waals surface area contributed by atoms with E-state index in [-0.39, 0.29) is 25.7 Å². The van der Waals surface area contributed by atoms with Crippen LogP contribution in [0.15, 0.2) is 0 Å². The third kappa shape index (κ3) is 64.6. The molecule has 17 nitrogen and oxygen atoms in total. The molecule has 0 aromatic rings. The van der Waals surface area contributed by atoms with Gasteiger partial charge in [0.1, 0.15) is 19.3 Å². The molecule has 0 aromatic heterocycles. The second kappa shape index (κ2) is 61.0. The van der Waals surface area contributed by atoms with Gasteiger partial charge >= 0.3 is 39.5 Å². The Balaban J connectivity index is 5.19. The predicted molar refractivity (Wildman–Crippen MR) is 358 cm³/mol. The maximum absolute atomic E-state index is 13.0. The molecule has 0 saturated heterocycles. The average molecular weight is 1310 g/mol. The van der Waals surface area contributed by atoms with E-state index in [4.69, 9.17) is 37.0 Å². The van der Waals surface area contributed by atoms with E-state index < -0.39 is 97.5 Å². The van der Waals surface area contributed by atoms with Gasteiger partial charge in [0.25, 0.3) is 0 Å². The summed E-state index contributed by atoms with van der Waals surface area (Å²) in [6.07, 6.45) is 44.6. The Hall–Kier alpha value is -1.94. The van der Waals surface area contributed by atoms with E-state index in [1.165, 1.54) is 161 Å². The molecule has 19 heteroatoms. The number of esters is 4. The Morgan fingerprint density at radius 3 is 0.764 bits per heavy atom. The Labute approximate surface area is 543 Å². The number of hydrogen-bond donors (Lipinski definition) is 3. The minimum Gasteiger partial charge on any atom is -0.462 e. The number of phosphoric acid groups is 2. The standard InChI is InChI=1S/C70H136O17P2/c1-8-9-10-11-12-21-30-37-44-51-67(72)80-58-66(87-70(75)54-47-40-33-26-29-36-43-50-63(6)7)60-85-89(78,79)83-56-64(71)55-82-88(76,77)84-59-65(57-81-68(73)52-45-38-31-25-24-28-35-42-49-62(4)5)86-69(74)53-46-39-32-23-20-18-16-14-13-15-17-19-22-27-34-41-48-61(2)3/h61-66,71H,8-60H2,1-7H3,(H,76,77)(H,78,79)/t64-,65-,66-/m1/s1. The van der Waals surface area contributed by atoms with Gasteiger partial charge in [0.15, 0.2) is 12.2 Å². The fourth-order valence-electron chi connectivity index (χ4n) is 10.5. The van der Waals surface area contributed by atoms with E-state index in [2.05, 4.69) is 48.5 Å². The van der Waals surface area contributed by atoms with Gasteiger partial charge in [-0.2, -0.15) is 0 Å². The molecule has 0 spiro atoms.